The number of aryl methyl sites for hydroxylation is 2. The highest BCUT2D eigenvalue weighted by molar-refractivity contribution is 5.94. The van der Waals surface area contributed by atoms with E-state index in [0.29, 0.717) is 5.56 Å². The van der Waals surface area contributed by atoms with E-state index in [1.807, 2.05) is 0 Å². The minimum Gasteiger partial charge on any atom is -0.478 e. The molecule has 1 aromatic carbocycles. The van der Waals surface area contributed by atoms with Crippen molar-refractivity contribution in [3.63, 3.8) is 0 Å². The van der Waals surface area contributed by atoms with Gasteiger partial charge in [-0.05, 0) is 18.6 Å². The minimum atomic E-state index is -1.12. The van der Waals surface area contributed by atoms with Gasteiger partial charge in [-0.3, -0.25) is 4.68 Å². The summed E-state index contributed by atoms with van der Waals surface area (Å²) in [5, 5.41) is 12.9. The van der Waals surface area contributed by atoms with Gasteiger partial charge in [0.15, 0.2) is 0 Å². The van der Waals surface area contributed by atoms with E-state index < -0.39 is 11.8 Å². The van der Waals surface area contributed by atoms with E-state index >= 15 is 0 Å². The molecule has 0 aliphatic rings. The second-order valence-electron chi connectivity index (χ2n) is 3.77. The molecule has 0 aliphatic carbocycles. The second kappa shape index (κ2) is 4.01. The molecule has 4 nitrogen and oxygen atoms in total. The number of aromatic carboxylic acids is 1. The molecule has 0 saturated carbocycles. The Morgan fingerprint density at radius 1 is 1.47 bits per heavy atom. The number of aromatic nitrogens is 2. The van der Waals surface area contributed by atoms with E-state index in [4.69, 9.17) is 5.11 Å². The van der Waals surface area contributed by atoms with Crippen molar-refractivity contribution in [3.05, 3.63) is 41.3 Å². The van der Waals surface area contributed by atoms with Gasteiger partial charge in [0.2, 0.25) is 0 Å². The fourth-order valence-corrected chi connectivity index (χ4v) is 1.74. The first kappa shape index (κ1) is 11.3. The van der Waals surface area contributed by atoms with Crippen molar-refractivity contribution < 1.29 is 14.3 Å². The average molecular weight is 234 g/mol. The Labute approximate surface area is 97.3 Å². The zero-order valence-electron chi connectivity index (χ0n) is 9.44. The highest BCUT2D eigenvalue weighted by Crippen LogP contribution is 2.27. The Kier molecular flexibility index (Phi) is 2.67. The SMILES string of the molecule is Cc1cccc(-c2c(C(=O)O)cnn2C)c1F. The van der Waals surface area contributed by atoms with Crippen LogP contribution in [0.3, 0.4) is 0 Å². The number of benzene rings is 1. The van der Waals surface area contributed by atoms with Crippen molar-refractivity contribution >= 4 is 5.97 Å². The quantitative estimate of drug-likeness (QED) is 0.866. The molecular weight excluding hydrogens is 223 g/mol. The Morgan fingerprint density at radius 3 is 2.82 bits per heavy atom. The van der Waals surface area contributed by atoms with Crippen LogP contribution in [-0.4, -0.2) is 20.9 Å². The van der Waals surface area contributed by atoms with E-state index in [1.165, 1.54) is 10.9 Å². The maximum atomic E-state index is 14.0. The van der Waals surface area contributed by atoms with Crippen molar-refractivity contribution in [2.45, 2.75) is 6.92 Å². The third kappa shape index (κ3) is 1.80. The Bertz CT molecular complexity index is 590. The predicted octanol–water partition coefficient (Wildman–Crippen LogP) is 2.23. The summed E-state index contributed by atoms with van der Waals surface area (Å²) >= 11 is 0. The minimum absolute atomic E-state index is 0.00278. The number of carboxylic acids is 1. The van der Waals surface area contributed by atoms with Gasteiger partial charge in [0, 0.05) is 12.6 Å². The third-order valence-corrected chi connectivity index (χ3v) is 2.62. The molecule has 0 unspecified atom stereocenters. The van der Waals surface area contributed by atoms with Crippen LogP contribution in [0, 0.1) is 12.7 Å². The lowest BCUT2D eigenvalue weighted by molar-refractivity contribution is 0.0697. The van der Waals surface area contributed by atoms with Gasteiger partial charge >= 0.3 is 5.97 Å². The molecule has 1 aromatic heterocycles. The first-order valence-electron chi connectivity index (χ1n) is 5.03. The predicted molar refractivity (Wildman–Crippen MR) is 60.3 cm³/mol. The van der Waals surface area contributed by atoms with Crippen LogP contribution in [0.15, 0.2) is 24.4 Å². The normalized spacial score (nSPS) is 10.5. The number of carbonyl (C=O) groups is 1. The molecule has 2 rings (SSSR count). The lowest BCUT2D eigenvalue weighted by Gasteiger charge is -2.07. The summed E-state index contributed by atoms with van der Waals surface area (Å²) in [6.07, 6.45) is 1.22. The molecule has 2 aromatic rings. The van der Waals surface area contributed by atoms with Gasteiger partial charge in [-0.15, -0.1) is 0 Å². The van der Waals surface area contributed by atoms with Crippen molar-refractivity contribution in [1.29, 1.82) is 0 Å². The van der Waals surface area contributed by atoms with Gasteiger partial charge < -0.3 is 5.11 Å². The topological polar surface area (TPSA) is 55.1 Å². The summed E-state index contributed by atoms with van der Waals surface area (Å²) < 4.78 is 15.3. The number of rotatable bonds is 2. The average Bonchev–Trinajstić information content (AvgIpc) is 2.65. The van der Waals surface area contributed by atoms with Gasteiger partial charge in [-0.1, -0.05) is 12.1 Å². The van der Waals surface area contributed by atoms with E-state index in [9.17, 15) is 9.18 Å². The highest BCUT2D eigenvalue weighted by atomic mass is 19.1. The molecule has 17 heavy (non-hydrogen) atoms. The zero-order valence-corrected chi connectivity index (χ0v) is 9.44. The van der Waals surface area contributed by atoms with Gasteiger partial charge in [0.05, 0.1) is 11.9 Å². The zero-order chi connectivity index (χ0) is 12.6. The number of hydrogen-bond acceptors (Lipinski definition) is 2. The molecule has 0 amide bonds. The summed E-state index contributed by atoms with van der Waals surface area (Å²) in [6, 6.07) is 4.87. The molecular formula is C12H11FN2O2. The molecule has 0 spiro atoms. The number of halogens is 1. The van der Waals surface area contributed by atoms with Crippen molar-refractivity contribution in [3.8, 4) is 11.3 Å². The third-order valence-electron chi connectivity index (χ3n) is 2.62. The van der Waals surface area contributed by atoms with Crippen LogP contribution >= 0.6 is 0 Å². The van der Waals surface area contributed by atoms with Crippen LogP contribution in [-0.2, 0) is 7.05 Å². The van der Waals surface area contributed by atoms with Crippen molar-refractivity contribution in [2.75, 3.05) is 0 Å². The molecule has 0 atom stereocenters. The summed E-state index contributed by atoms with van der Waals surface area (Å²) in [5.74, 6) is -1.53. The number of carboxylic acid groups (broad SMARTS) is 1. The van der Waals surface area contributed by atoms with Crippen molar-refractivity contribution in [1.82, 2.24) is 9.78 Å². The summed E-state index contributed by atoms with van der Waals surface area (Å²) in [7, 11) is 1.59. The molecule has 0 bridgehead atoms. The number of hydrogen-bond donors (Lipinski definition) is 1. The van der Waals surface area contributed by atoms with Gasteiger partial charge in [0.1, 0.15) is 11.4 Å². The monoisotopic (exact) mass is 234 g/mol. The van der Waals surface area contributed by atoms with E-state index in [0.717, 1.165) is 0 Å². The maximum Gasteiger partial charge on any atom is 0.339 e. The molecule has 1 heterocycles. The smallest absolute Gasteiger partial charge is 0.339 e. The van der Waals surface area contributed by atoms with Gasteiger partial charge in [-0.25, -0.2) is 9.18 Å². The van der Waals surface area contributed by atoms with Crippen LogP contribution in [0.2, 0.25) is 0 Å². The standard InChI is InChI=1S/C12H11FN2O2/c1-7-4-3-5-8(10(7)13)11-9(12(16)17)6-14-15(11)2/h3-6H,1-2H3,(H,16,17). The summed E-state index contributed by atoms with van der Waals surface area (Å²) in [6.45, 7) is 1.63. The largest absolute Gasteiger partial charge is 0.478 e. The molecule has 1 N–H and O–H groups in total. The van der Waals surface area contributed by atoms with Crippen LogP contribution in [0.5, 0.6) is 0 Å². The fourth-order valence-electron chi connectivity index (χ4n) is 1.74. The van der Waals surface area contributed by atoms with E-state index in [1.54, 1.807) is 32.2 Å². The molecule has 88 valence electrons. The van der Waals surface area contributed by atoms with Crippen LogP contribution in [0.25, 0.3) is 11.3 Å². The first-order valence-corrected chi connectivity index (χ1v) is 5.03. The second-order valence-corrected chi connectivity index (χ2v) is 3.77. The Balaban J connectivity index is 2.72. The molecule has 0 fully saturated rings. The molecule has 0 saturated heterocycles. The molecule has 0 radical (unpaired) electrons. The molecule has 5 heteroatoms. The van der Waals surface area contributed by atoms with Gasteiger partial charge in [-0.2, -0.15) is 5.10 Å². The molecule has 0 aliphatic heterocycles. The van der Waals surface area contributed by atoms with Crippen molar-refractivity contribution in [2.24, 2.45) is 7.05 Å². The fraction of sp³-hybridized carbons (Fsp3) is 0.167. The lowest BCUT2D eigenvalue weighted by Crippen LogP contribution is -2.02. The summed E-state index contributed by atoms with van der Waals surface area (Å²) in [5.41, 5.74) is 0.998. The van der Waals surface area contributed by atoms with Crippen LogP contribution < -0.4 is 0 Å². The first-order chi connectivity index (χ1) is 8.02. The van der Waals surface area contributed by atoms with Crippen LogP contribution in [0.1, 0.15) is 15.9 Å². The Morgan fingerprint density at radius 2 is 2.18 bits per heavy atom. The summed E-state index contributed by atoms with van der Waals surface area (Å²) in [4.78, 5) is 11.0. The van der Waals surface area contributed by atoms with E-state index in [2.05, 4.69) is 5.10 Å². The van der Waals surface area contributed by atoms with E-state index in [-0.39, 0.29) is 16.8 Å². The maximum absolute atomic E-state index is 14.0. The van der Waals surface area contributed by atoms with Crippen LogP contribution in [0.4, 0.5) is 4.39 Å². The lowest BCUT2D eigenvalue weighted by atomic mass is 10.0. The Hall–Kier alpha value is -2.17. The highest BCUT2D eigenvalue weighted by Gasteiger charge is 2.19. The van der Waals surface area contributed by atoms with Gasteiger partial charge in [0.25, 0.3) is 0 Å². The number of nitrogens with zero attached hydrogens (tertiary/aromatic N) is 2.